The lowest BCUT2D eigenvalue weighted by atomic mass is 9.94. The maximum absolute atomic E-state index is 13.2. The van der Waals surface area contributed by atoms with Crippen molar-refractivity contribution < 1.29 is 23.8 Å². The summed E-state index contributed by atoms with van der Waals surface area (Å²) in [5.41, 5.74) is 3.14. The molecule has 0 bridgehead atoms. The highest BCUT2D eigenvalue weighted by Gasteiger charge is 2.45. The van der Waals surface area contributed by atoms with Gasteiger partial charge in [0, 0.05) is 5.69 Å². The van der Waals surface area contributed by atoms with Crippen molar-refractivity contribution in [2.24, 2.45) is 0 Å². The Hall–Kier alpha value is -3.80. The first-order chi connectivity index (χ1) is 14.4. The summed E-state index contributed by atoms with van der Waals surface area (Å²) in [6.07, 6.45) is 1.38. The van der Waals surface area contributed by atoms with Crippen LogP contribution >= 0.6 is 0 Å². The van der Waals surface area contributed by atoms with Gasteiger partial charge < -0.3 is 14.3 Å². The van der Waals surface area contributed by atoms with Gasteiger partial charge >= 0.3 is 0 Å². The van der Waals surface area contributed by atoms with Crippen LogP contribution in [0.25, 0.3) is 0 Å². The summed E-state index contributed by atoms with van der Waals surface area (Å²) >= 11 is 0. The van der Waals surface area contributed by atoms with Crippen molar-refractivity contribution in [3.63, 3.8) is 0 Å². The first kappa shape index (κ1) is 19.5. The topological polar surface area (TPSA) is 80.0 Å². The van der Waals surface area contributed by atoms with Gasteiger partial charge in [-0.1, -0.05) is 29.8 Å². The molecular weight excluding hydrogens is 382 g/mol. The second-order valence-electron chi connectivity index (χ2n) is 7.21. The van der Waals surface area contributed by atoms with Gasteiger partial charge in [0.1, 0.15) is 5.75 Å². The number of carbonyl (C=O) groups is 2. The third kappa shape index (κ3) is 3.16. The molecule has 2 aromatic carbocycles. The van der Waals surface area contributed by atoms with Crippen molar-refractivity contribution in [1.29, 1.82) is 0 Å². The minimum Gasteiger partial charge on any atom is -0.503 e. The summed E-state index contributed by atoms with van der Waals surface area (Å²) in [4.78, 5) is 27.8. The quantitative estimate of drug-likeness (QED) is 0.625. The molecule has 1 amide bonds. The normalized spacial score (nSPS) is 16.3. The Bertz CT molecular complexity index is 1160. The van der Waals surface area contributed by atoms with Crippen LogP contribution in [0.1, 0.15) is 33.3 Å². The fourth-order valence-corrected chi connectivity index (χ4v) is 3.83. The lowest BCUT2D eigenvalue weighted by molar-refractivity contribution is -0.117. The number of hydrogen-bond donors (Lipinski definition) is 1. The summed E-state index contributed by atoms with van der Waals surface area (Å²) in [6.45, 7) is 3.85. The van der Waals surface area contributed by atoms with Gasteiger partial charge in [-0.15, -0.1) is 0 Å². The molecule has 0 fully saturated rings. The van der Waals surface area contributed by atoms with Crippen LogP contribution in [0.4, 0.5) is 5.69 Å². The van der Waals surface area contributed by atoms with Crippen molar-refractivity contribution in [3.8, 4) is 5.75 Å². The second-order valence-corrected chi connectivity index (χ2v) is 7.21. The van der Waals surface area contributed by atoms with Crippen molar-refractivity contribution in [1.82, 2.24) is 0 Å². The van der Waals surface area contributed by atoms with E-state index < -0.39 is 23.5 Å². The Morgan fingerprint density at radius 1 is 1.10 bits per heavy atom. The second kappa shape index (κ2) is 7.55. The number of amides is 1. The van der Waals surface area contributed by atoms with E-state index in [0.717, 1.165) is 11.1 Å². The number of methoxy groups -OCH3 is 1. The van der Waals surface area contributed by atoms with E-state index in [1.807, 2.05) is 32.0 Å². The average molecular weight is 403 g/mol. The molecule has 2 heterocycles. The molecule has 1 unspecified atom stereocenters. The molecule has 152 valence electrons. The van der Waals surface area contributed by atoms with Crippen LogP contribution < -0.4 is 9.64 Å². The highest BCUT2D eigenvalue weighted by Crippen LogP contribution is 2.43. The molecule has 6 heteroatoms. The molecule has 1 aliphatic heterocycles. The third-order valence-corrected chi connectivity index (χ3v) is 5.22. The highest BCUT2D eigenvalue weighted by atomic mass is 16.5. The van der Waals surface area contributed by atoms with Gasteiger partial charge in [0.15, 0.2) is 11.5 Å². The number of benzene rings is 2. The number of aliphatic hydroxyl groups is 1. The van der Waals surface area contributed by atoms with E-state index in [9.17, 15) is 14.7 Å². The number of aliphatic hydroxyl groups excluding tert-OH is 1. The molecule has 6 nitrogen and oxygen atoms in total. The van der Waals surface area contributed by atoms with E-state index in [2.05, 4.69) is 0 Å². The number of anilines is 1. The predicted molar refractivity (Wildman–Crippen MR) is 112 cm³/mol. The van der Waals surface area contributed by atoms with Crippen LogP contribution in [0.5, 0.6) is 5.75 Å². The lowest BCUT2D eigenvalue weighted by Crippen LogP contribution is -2.31. The first-order valence-electron chi connectivity index (χ1n) is 9.48. The van der Waals surface area contributed by atoms with Gasteiger partial charge in [-0.25, -0.2) is 0 Å². The Morgan fingerprint density at radius 2 is 1.90 bits per heavy atom. The molecule has 3 aromatic rings. The van der Waals surface area contributed by atoms with Crippen LogP contribution in [0.2, 0.25) is 0 Å². The third-order valence-electron chi connectivity index (χ3n) is 5.22. The van der Waals surface area contributed by atoms with E-state index in [4.69, 9.17) is 9.15 Å². The summed E-state index contributed by atoms with van der Waals surface area (Å²) in [6, 6.07) is 15.0. The van der Waals surface area contributed by atoms with Gasteiger partial charge in [-0.05, 0) is 55.3 Å². The fourth-order valence-electron chi connectivity index (χ4n) is 3.83. The molecule has 0 saturated heterocycles. The van der Waals surface area contributed by atoms with Gasteiger partial charge in [0.2, 0.25) is 5.78 Å². The van der Waals surface area contributed by atoms with E-state index >= 15 is 0 Å². The van der Waals surface area contributed by atoms with Gasteiger partial charge in [0.25, 0.3) is 5.91 Å². The van der Waals surface area contributed by atoms with Crippen LogP contribution in [0.15, 0.2) is 76.6 Å². The van der Waals surface area contributed by atoms with Crippen molar-refractivity contribution in [2.45, 2.75) is 19.9 Å². The maximum atomic E-state index is 13.2. The van der Waals surface area contributed by atoms with Gasteiger partial charge in [-0.2, -0.15) is 0 Å². The molecule has 1 aromatic heterocycles. The molecule has 0 radical (unpaired) electrons. The monoisotopic (exact) mass is 403 g/mol. The molecule has 0 aliphatic carbocycles. The minimum atomic E-state index is -0.827. The molecule has 1 atom stereocenters. The van der Waals surface area contributed by atoms with Crippen LogP contribution in [0, 0.1) is 13.8 Å². The molecule has 1 aliphatic rings. The Kier molecular flexibility index (Phi) is 4.91. The Labute approximate surface area is 174 Å². The minimum absolute atomic E-state index is 0.0248. The average Bonchev–Trinajstić information content (AvgIpc) is 3.36. The number of ether oxygens (including phenoxy) is 1. The van der Waals surface area contributed by atoms with E-state index in [1.165, 1.54) is 17.2 Å². The number of carbonyl (C=O) groups excluding carboxylic acids is 2. The SMILES string of the molecule is COc1cccc(C2C(C(=O)c3ccco3)=C(O)C(=O)N2c2ccc(C)cc2C)c1. The van der Waals surface area contributed by atoms with Crippen molar-refractivity contribution >= 4 is 17.4 Å². The Morgan fingerprint density at radius 3 is 2.57 bits per heavy atom. The zero-order chi connectivity index (χ0) is 21.4. The fraction of sp³-hybridized carbons (Fsp3) is 0.167. The number of nitrogens with zero attached hydrogens (tertiary/aromatic N) is 1. The summed E-state index contributed by atoms with van der Waals surface area (Å²) in [5, 5.41) is 10.8. The molecule has 4 rings (SSSR count). The largest absolute Gasteiger partial charge is 0.503 e. The molecule has 1 N–H and O–H groups in total. The van der Waals surface area contributed by atoms with Crippen molar-refractivity contribution in [3.05, 3.63) is 94.6 Å². The standard InChI is InChI=1S/C24H21NO5/c1-14-9-10-18(15(2)12-14)25-21(16-6-4-7-17(13-16)29-3)20(23(27)24(25)28)22(26)19-8-5-11-30-19/h4-13,21,27H,1-3H3. The zero-order valence-electron chi connectivity index (χ0n) is 16.9. The number of aryl methyl sites for hydroxylation is 2. The molecule has 30 heavy (non-hydrogen) atoms. The number of furan rings is 1. The smallest absolute Gasteiger partial charge is 0.294 e. The molecule has 0 saturated carbocycles. The number of Topliss-reactive ketones (excluding diaryl/α,β-unsaturated/α-hetero) is 1. The zero-order valence-corrected chi connectivity index (χ0v) is 16.9. The van der Waals surface area contributed by atoms with Crippen LogP contribution in [-0.2, 0) is 4.79 Å². The number of ketones is 1. The number of hydrogen-bond acceptors (Lipinski definition) is 5. The van der Waals surface area contributed by atoms with Crippen LogP contribution in [0.3, 0.4) is 0 Å². The van der Waals surface area contributed by atoms with Crippen molar-refractivity contribution in [2.75, 3.05) is 12.0 Å². The summed E-state index contributed by atoms with van der Waals surface area (Å²) in [5.74, 6) is -1.11. The predicted octanol–water partition coefficient (Wildman–Crippen LogP) is 4.69. The maximum Gasteiger partial charge on any atom is 0.294 e. The summed E-state index contributed by atoms with van der Waals surface area (Å²) < 4.78 is 10.6. The summed E-state index contributed by atoms with van der Waals surface area (Å²) in [7, 11) is 1.54. The first-order valence-corrected chi connectivity index (χ1v) is 9.48. The van der Waals surface area contributed by atoms with Gasteiger partial charge in [-0.3, -0.25) is 14.5 Å². The van der Waals surface area contributed by atoms with Crippen LogP contribution in [-0.4, -0.2) is 23.9 Å². The number of rotatable bonds is 5. The molecular formula is C24H21NO5. The van der Waals surface area contributed by atoms with Gasteiger partial charge in [0.05, 0.1) is 25.0 Å². The van der Waals surface area contributed by atoms with E-state index in [-0.39, 0.29) is 11.3 Å². The van der Waals surface area contributed by atoms with E-state index in [1.54, 1.807) is 37.4 Å². The Balaban J connectivity index is 1.92. The van der Waals surface area contributed by atoms with E-state index in [0.29, 0.717) is 17.0 Å². The lowest BCUT2D eigenvalue weighted by Gasteiger charge is -2.28. The highest BCUT2D eigenvalue weighted by molar-refractivity contribution is 6.20. The molecule has 0 spiro atoms.